The van der Waals surface area contributed by atoms with Crippen LogP contribution < -0.4 is 14.2 Å². The summed E-state index contributed by atoms with van der Waals surface area (Å²) in [6, 6.07) is 129. The first-order valence-corrected chi connectivity index (χ1v) is 50.4. The summed E-state index contributed by atoms with van der Waals surface area (Å²) in [6.45, 7) is 12.0. The highest BCUT2D eigenvalue weighted by Crippen LogP contribution is 2.40. The largest absolute Gasteiger partial charge is 0.497 e. The van der Waals surface area contributed by atoms with Gasteiger partial charge in [-0.1, -0.05) is 355 Å². The molecule has 0 fully saturated rings. The minimum Gasteiger partial charge on any atom is -0.497 e. The molecule has 140 heavy (non-hydrogen) atoms. The molecule has 716 valence electrons. The van der Waals surface area contributed by atoms with E-state index in [2.05, 4.69) is 112 Å². The van der Waals surface area contributed by atoms with Crippen molar-refractivity contribution in [1.29, 1.82) is 0 Å². The molecule has 0 saturated heterocycles. The van der Waals surface area contributed by atoms with E-state index in [0.717, 1.165) is 131 Å². The van der Waals surface area contributed by atoms with Crippen LogP contribution in [-0.4, -0.2) is 53.3 Å². The smallest absolute Gasteiger partial charge is 0.416 e. The zero-order chi connectivity index (χ0) is 100. The molecule has 6 atom stereocenters. The number of aliphatic hydroxyl groups excluding tert-OH is 6. The lowest BCUT2D eigenvalue weighted by atomic mass is 9.85. The van der Waals surface area contributed by atoms with Crippen LogP contribution in [0.25, 0.3) is 22.3 Å². The standard InChI is InChI=1S/C21H19ClO.C21H20O2S.C20H16BrClO3S.C20H14BrF3OS.C19H16O.C18H22O3/c1-2-15-3-5-18(6-4-15)21(23)19-9-7-16(8-10-19)17-11-13-20(22)14-12-17;1-15-6-3-4-9-20(15)24-19-12-10-16(11-13-19)21(22)17-7-5-8-18(14-17)23-2;1-13-11-17(22)7-10-19(13)26(24,25)18-8-5-14(6-9-18)20(23)15-3-2-4-16(21)12-15;21-16-7-11-18(12-8-16)26-17-9-3-14(4-10-17)19(25)13-1-5-15(6-2-13)20(22,23)24;20-19(17-9-5-2-6-10-17)18-13-11-16(12-14-18)15-7-3-1-4-8-15;1-18(2,3)17(19)13-5-7-15(8-6-13)21-16-11-9-14(20-4)10-12-16/h3-14,21,23H,2H2,1H3;3-14,21-22H,1-2H3;2-12,20,23H,1H3;1-12,19,25H;1-14,19-20H;5-12,17,19H,1-4H3. The lowest BCUT2D eigenvalue weighted by Gasteiger charge is -2.26. The quantitative estimate of drug-likeness (QED) is 0.0336. The second-order valence-corrected chi connectivity index (χ2v) is 40.6. The van der Waals surface area contributed by atoms with Crippen molar-refractivity contribution in [2.24, 2.45) is 5.41 Å². The lowest BCUT2D eigenvalue weighted by Crippen LogP contribution is -2.17. The van der Waals surface area contributed by atoms with Crippen LogP contribution in [0.1, 0.15) is 148 Å². The van der Waals surface area contributed by atoms with Gasteiger partial charge in [0.1, 0.15) is 53.5 Å². The molecule has 0 radical (unpaired) electrons. The van der Waals surface area contributed by atoms with E-state index >= 15 is 0 Å². The number of benzene rings is 17. The molecule has 6 unspecified atom stereocenters. The molecule has 0 heterocycles. The van der Waals surface area contributed by atoms with E-state index in [0.29, 0.717) is 27.3 Å². The van der Waals surface area contributed by atoms with Crippen LogP contribution in [0.3, 0.4) is 0 Å². The highest BCUT2D eigenvalue weighted by molar-refractivity contribution is 9.10. The zero-order valence-corrected chi connectivity index (χ0v) is 85.2. The Kier molecular flexibility index (Phi) is 39.1. The number of aryl methyl sites for hydroxylation is 3. The Morgan fingerprint density at radius 2 is 0.700 bits per heavy atom. The third-order valence-electron chi connectivity index (χ3n) is 22.7. The van der Waals surface area contributed by atoms with E-state index in [1.165, 1.54) is 51.9 Å². The maximum absolute atomic E-state index is 12.8. The summed E-state index contributed by atoms with van der Waals surface area (Å²) in [6.07, 6.45) is -7.49. The van der Waals surface area contributed by atoms with Gasteiger partial charge in [-0.2, -0.15) is 13.2 Å². The number of rotatable bonds is 24. The molecule has 0 amide bonds. The average Bonchev–Trinajstić information content (AvgIpc) is 0.781. The fourth-order valence-corrected chi connectivity index (χ4v) is 18.8. The van der Waals surface area contributed by atoms with E-state index in [-0.39, 0.29) is 15.2 Å². The van der Waals surface area contributed by atoms with Crippen molar-refractivity contribution in [2.75, 3.05) is 14.2 Å². The fraction of sp³-hybridized carbons (Fsp3) is 0.143. The van der Waals surface area contributed by atoms with Gasteiger partial charge in [-0.05, 0) is 296 Å². The van der Waals surface area contributed by atoms with Gasteiger partial charge in [0, 0.05) is 38.6 Å². The van der Waals surface area contributed by atoms with Gasteiger partial charge < -0.3 is 44.8 Å². The first kappa shape index (κ1) is 107. The summed E-state index contributed by atoms with van der Waals surface area (Å²) in [7, 11) is -0.386. The van der Waals surface area contributed by atoms with E-state index in [4.69, 9.17) is 37.4 Å². The van der Waals surface area contributed by atoms with Crippen molar-refractivity contribution in [3.8, 4) is 45.3 Å². The molecule has 17 aromatic rings. The van der Waals surface area contributed by atoms with Gasteiger partial charge in [-0.25, -0.2) is 8.42 Å². The molecular weight excluding hydrogens is 1990 g/mol. The van der Waals surface area contributed by atoms with Gasteiger partial charge in [-0.15, -0.1) is 0 Å². The van der Waals surface area contributed by atoms with E-state index in [1.807, 2.05) is 294 Å². The minimum atomic E-state index is -4.38. The second kappa shape index (κ2) is 51.3. The summed E-state index contributed by atoms with van der Waals surface area (Å²) in [5, 5.41) is 63.9. The van der Waals surface area contributed by atoms with Gasteiger partial charge in [0.15, 0.2) is 0 Å². The van der Waals surface area contributed by atoms with Gasteiger partial charge in [0.05, 0.1) is 35.7 Å². The topological polar surface area (TPSA) is 183 Å². The minimum absolute atomic E-state index is 0.174. The normalized spacial score (nSPS) is 12.4. The molecule has 0 aliphatic rings. The average molecular weight is 2100 g/mol. The van der Waals surface area contributed by atoms with Crippen LogP contribution in [-0.2, 0) is 22.4 Å². The Hall–Kier alpha value is -12.1. The van der Waals surface area contributed by atoms with Gasteiger partial charge in [0.25, 0.3) is 0 Å². The highest BCUT2D eigenvalue weighted by Gasteiger charge is 2.31. The van der Waals surface area contributed by atoms with Crippen LogP contribution >= 0.6 is 78.6 Å². The SMILES string of the molecule is CCc1ccc(C(O)c2ccc(-c3ccc(Cl)cc3)cc2)cc1.COc1ccc(Oc2ccc(C(O)C(C)(C)C)cc2)cc1.COc1cccc(C(O)c2ccc(Sc3ccccc3C)cc2)c1.Cc1cc(Cl)ccc1S(=O)(=O)c1ccc(C(O)c2cccc(Br)c2)cc1.OC(c1ccc(Sc2ccc(Br)cc2)cc1)c1ccc(C(F)(F)F)cc1.OC(c1ccccc1)c1ccc(-c2ccccc2)cc1. The molecule has 11 nitrogen and oxygen atoms in total. The number of aliphatic hydroxyl groups is 6. The number of methoxy groups -OCH3 is 2. The van der Waals surface area contributed by atoms with Crippen LogP contribution in [0.4, 0.5) is 13.2 Å². The van der Waals surface area contributed by atoms with Gasteiger partial charge >= 0.3 is 6.18 Å². The summed E-state index contributed by atoms with van der Waals surface area (Å²) >= 11 is 21.9. The van der Waals surface area contributed by atoms with Crippen molar-refractivity contribution in [1.82, 2.24) is 0 Å². The highest BCUT2D eigenvalue weighted by atomic mass is 79.9. The Labute approximate surface area is 853 Å². The maximum Gasteiger partial charge on any atom is 0.416 e. The van der Waals surface area contributed by atoms with E-state index in [1.54, 1.807) is 81.1 Å². The fourth-order valence-electron chi connectivity index (χ4n) is 14.6. The third kappa shape index (κ3) is 30.9. The summed E-state index contributed by atoms with van der Waals surface area (Å²) in [4.78, 5) is 4.90. The van der Waals surface area contributed by atoms with Crippen LogP contribution in [0, 0.1) is 19.3 Å². The summed E-state index contributed by atoms with van der Waals surface area (Å²) in [5.74, 6) is 3.04. The van der Waals surface area contributed by atoms with Crippen LogP contribution in [0.2, 0.25) is 10.0 Å². The molecule has 17 aromatic carbocycles. The number of hydrogen-bond acceptors (Lipinski definition) is 13. The molecule has 17 rings (SSSR count). The van der Waals surface area contributed by atoms with Crippen molar-refractivity contribution in [3.05, 3.63) is 521 Å². The molecule has 0 saturated carbocycles. The zero-order valence-electron chi connectivity index (χ0n) is 78.1. The first-order valence-electron chi connectivity index (χ1n) is 44.9. The number of ether oxygens (including phenoxy) is 3. The van der Waals surface area contributed by atoms with E-state index in [9.17, 15) is 52.2 Å². The Morgan fingerprint density at radius 3 is 1.16 bits per heavy atom. The first-order chi connectivity index (χ1) is 67.2. The van der Waals surface area contributed by atoms with E-state index < -0.39 is 58.2 Å². The number of hydrogen-bond donors (Lipinski definition) is 6. The lowest BCUT2D eigenvalue weighted by molar-refractivity contribution is -0.137. The Balaban J connectivity index is 0.000000151. The molecule has 0 aliphatic heterocycles. The predicted octanol–water partition coefficient (Wildman–Crippen LogP) is 31.9. The summed E-state index contributed by atoms with van der Waals surface area (Å²) in [5.41, 5.74) is 15.4. The number of halogens is 7. The number of alkyl halides is 3. The Morgan fingerprint density at radius 1 is 0.336 bits per heavy atom. The number of sulfone groups is 1. The van der Waals surface area contributed by atoms with Crippen LogP contribution in [0.15, 0.2) is 457 Å². The molecule has 0 spiro atoms. The molecule has 6 N–H and O–H groups in total. The van der Waals surface area contributed by atoms with Gasteiger partial charge in [-0.3, -0.25) is 0 Å². The molecule has 21 heteroatoms. The monoisotopic (exact) mass is 2090 g/mol. The Bertz CT molecular complexity index is 6860. The van der Waals surface area contributed by atoms with Gasteiger partial charge in [0.2, 0.25) is 9.84 Å². The predicted molar refractivity (Wildman–Crippen MR) is 568 cm³/mol. The van der Waals surface area contributed by atoms with Crippen LogP contribution in [0.5, 0.6) is 23.0 Å². The molecule has 0 bridgehead atoms. The molecule has 0 aromatic heterocycles. The molecular formula is C119H107Br2Cl2F3O11S3. The van der Waals surface area contributed by atoms with Crippen molar-refractivity contribution in [3.63, 3.8) is 0 Å². The maximum atomic E-state index is 12.8. The third-order valence-corrected chi connectivity index (χ3v) is 28.3. The molecule has 0 aliphatic carbocycles. The second-order valence-electron chi connectivity index (χ2n) is 33.7. The van der Waals surface area contributed by atoms with Crippen molar-refractivity contribution >= 4 is 88.4 Å². The van der Waals surface area contributed by atoms with Crippen molar-refractivity contribution < 1.29 is 66.4 Å². The van der Waals surface area contributed by atoms with Crippen molar-refractivity contribution in [2.45, 2.75) is 120 Å². The summed E-state index contributed by atoms with van der Waals surface area (Å²) < 4.78 is 81.5.